The van der Waals surface area contributed by atoms with Crippen LogP contribution in [-0.4, -0.2) is 46.7 Å². The van der Waals surface area contributed by atoms with Crippen molar-refractivity contribution in [1.82, 2.24) is 20.4 Å². The zero-order valence-electron chi connectivity index (χ0n) is 10.6. The van der Waals surface area contributed by atoms with E-state index in [2.05, 4.69) is 27.3 Å². The molecule has 2 rings (SSSR count). The summed E-state index contributed by atoms with van der Waals surface area (Å²) in [6.07, 6.45) is 3.83. The highest BCUT2D eigenvalue weighted by Gasteiger charge is 2.18. The Morgan fingerprint density at radius 3 is 2.78 bits per heavy atom. The van der Waals surface area contributed by atoms with Crippen LogP contribution in [0.25, 0.3) is 0 Å². The van der Waals surface area contributed by atoms with Crippen LogP contribution >= 0.6 is 11.3 Å². The zero-order valence-corrected chi connectivity index (χ0v) is 11.4. The Labute approximate surface area is 111 Å². The number of amides is 1. The van der Waals surface area contributed by atoms with Crippen molar-refractivity contribution in [1.29, 1.82) is 0 Å². The average molecular weight is 269 g/mol. The van der Waals surface area contributed by atoms with Gasteiger partial charge in [-0.2, -0.15) is 0 Å². The molecule has 2 heterocycles. The van der Waals surface area contributed by atoms with Gasteiger partial charge in [-0.1, -0.05) is 17.8 Å². The van der Waals surface area contributed by atoms with Crippen LogP contribution in [0, 0.1) is 0 Å². The SMILES string of the molecule is CC(CNC(=O)c1nnc(N)s1)N1CCCCC1. The molecule has 1 aliphatic rings. The number of nitrogen functional groups attached to an aromatic ring is 1. The third-order valence-corrected chi connectivity index (χ3v) is 3.96. The molecule has 3 N–H and O–H groups in total. The molecule has 1 atom stereocenters. The summed E-state index contributed by atoms with van der Waals surface area (Å²) >= 11 is 1.11. The first-order chi connectivity index (χ1) is 8.66. The summed E-state index contributed by atoms with van der Waals surface area (Å²) in [4.78, 5) is 14.2. The van der Waals surface area contributed by atoms with Crippen molar-refractivity contribution in [2.75, 3.05) is 25.4 Å². The molecule has 1 amide bonds. The molecule has 0 aliphatic carbocycles. The number of nitrogens with two attached hydrogens (primary N) is 1. The van der Waals surface area contributed by atoms with Crippen LogP contribution in [-0.2, 0) is 0 Å². The van der Waals surface area contributed by atoms with Crippen molar-refractivity contribution in [3.8, 4) is 0 Å². The highest BCUT2D eigenvalue weighted by atomic mass is 32.1. The van der Waals surface area contributed by atoms with Gasteiger partial charge in [0.2, 0.25) is 10.1 Å². The van der Waals surface area contributed by atoms with E-state index < -0.39 is 0 Å². The highest BCUT2D eigenvalue weighted by molar-refractivity contribution is 7.16. The molecule has 1 aromatic rings. The van der Waals surface area contributed by atoms with Gasteiger partial charge >= 0.3 is 0 Å². The summed E-state index contributed by atoms with van der Waals surface area (Å²) < 4.78 is 0. The number of rotatable bonds is 4. The first kappa shape index (κ1) is 13.2. The lowest BCUT2D eigenvalue weighted by Gasteiger charge is -2.32. The van der Waals surface area contributed by atoms with Gasteiger partial charge in [-0.3, -0.25) is 9.69 Å². The highest BCUT2D eigenvalue weighted by Crippen LogP contribution is 2.12. The van der Waals surface area contributed by atoms with E-state index in [-0.39, 0.29) is 5.91 Å². The van der Waals surface area contributed by atoms with E-state index in [1.165, 1.54) is 19.3 Å². The number of anilines is 1. The Hall–Kier alpha value is -1.21. The van der Waals surface area contributed by atoms with Gasteiger partial charge in [-0.05, 0) is 32.9 Å². The van der Waals surface area contributed by atoms with Crippen molar-refractivity contribution in [2.45, 2.75) is 32.2 Å². The molecular formula is C11H19N5OS. The second-order valence-electron chi connectivity index (χ2n) is 4.60. The number of hydrogen-bond donors (Lipinski definition) is 2. The van der Waals surface area contributed by atoms with E-state index in [1.807, 2.05) is 0 Å². The van der Waals surface area contributed by atoms with Crippen LogP contribution < -0.4 is 11.1 Å². The fraction of sp³-hybridized carbons (Fsp3) is 0.727. The molecule has 1 saturated heterocycles. The molecule has 0 saturated carbocycles. The molecule has 6 nitrogen and oxygen atoms in total. The van der Waals surface area contributed by atoms with Crippen LogP contribution in [0.5, 0.6) is 0 Å². The van der Waals surface area contributed by atoms with E-state index >= 15 is 0 Å². The smallest absolute Gasteiger partial charge is 0.282 e. The summed E-state index contributed by atoms with van der Waals surface area (Å²) in [6.45, 7) is 5.03. The predicted octanol–water partition coefficient (Wildman–Crippen LogP) is 0.724. The normalized spacial score (nSPS) is 18.5. The van der Waals surface area contributed by atoms with E-state index in [1.54, 1.807) is 0 Å². The maximum atomic E-state index is 11.8. The first-order valence-electron chi connectivity index (χ1n) is 6.28. The Morgan fingerprint density at radius 2 is 2.17 bits per heavy atom. The quantitative estimate of drug-likeness (QED) is 0.841. The van der Waals surface area contributed by atoms with Gasteiger partial charge in [0.15, 0.2) is 0 Å². The maximum Gasteiger partial charge on any atom is 0.282 e. The Bertz CT molecular complexity index is 402. The second kappa shape index (κ2) is 6.10. The molecule has 1 unspecified atom stereocenters. The molecular weight excluding hydrogens is 250 g/mol. The van der Waals surface area contributed by atoms with Crippen LogP contribution in [0.1, 0.15) is 36.0 Å². The summed E-state index contributed by atoms with van der Waals surface area (Å²) in [7, 11) is 0. The maximum absolute atomic E-state index is 11.8. The third kappa shape index (κ3) is 3.39. The van der Waals surface area contributed by atoms with Crippen LogP contribution in [0.3, 0.4) is 0 Å². The van der Waals surface area contributed by atoms with Gasteiger partial charge in [0.1, 0.15) is 0 Å². The second-order valence-corrected chi connectivity index (χ2v) is 5.61. The lowest BCUT2D eigenvalue weighted by Crippen LogP contribution is -2.44. The van der Waals surface area contributed by atoms with Crippen LogP contribution in [0.4, 0.5) is 5.13 Å². The number of carbonyl (C=O) groups excluding carboxylic acids is 1. The Balaban J connectivity index is 1.78. The fourth-order valence-corrected chi connectivity index (χ4v) is 2.66. The van der Waals surface area contributed by atoms with Crippen molar-refractivity contribution >= 4 is 22.4 Å². The number of aromatic nitrogens is 2. The van der Waals surface area contributed by atoms with Crippen molar-refractivity contribution in [3.63, 3.8) is 0 Å². The van der Waals surface area contributed by atoms with Crippen LogP contribution in [0.2, 0.25) is 0 Å². The van der Waals surface area contributed by atoms with Crippen molar-refractivity contribution in [3.05, 3.63) is 5.01 Å². The number of carbonyl (C=O) groups is 1. The molecule has 0 bridgehead atoms. The Kier molecular flexibility index (Phi) is 4.48. The first-order valence-corrected chi connectivity index (χ1v) is 7.09. The molecule has 1 aliphatic heterocycles. The van der Waals surface area contributed by atoms with Gasteiger partial charge in [-0.15, -0.1) is 10.2 Å². The molecule has 0 aromatic carbocycles. The standard InChI is InChI=1S/C11H19N5OS/c1-8(16-5-3-2-4-6-16)7-13-9(17)10-14-15-11(12)18-10/h8H,2-7H2,1H3,(H2,12,15)(H,13,17). The van der Waals surface area contributed by atoms with Gasteiger partial charge in [0.05, 0.1) is 0 Å². The minimum absolute atomic E-state index is 0.187. The lowest BCUT2D eigenvalue weighted by atomic mass is 10.1. The summed E-state index contributed by atoms with van der Waals surface area (Å²) in [5.41, 5.74) is 5.45. The molecule has 100 valence electrons. The molecule has 18 heavy (non-hydrogen) atoms. The summed E-state index contributed by atoms with van der Waals surface area (Å²) in [5.74, 6) is -0.187. The van der Waals surface area contributed by atoms with Gasteiger partial charge in [0.25, 0.3) is 5.91 Å². The molecule has 1 fully saturated rings. The van der Waals surface area contributed by atoms with Gasteiger partial charge in [0, 0.05) is 12.6 Å². The molecule has 1 aromatic heterocycles. The minimum atomic E-state index is -0.187. The molecule has 7 heteroatoms. The number of hydrogen-bond acceptors (Lipinski definition) is 6. The van der Waals surface area contributed by atoms with Gasteiger partial charge < -0.3 is 11.1 Å². The number of nitrogens with zero attached hydrogens (tertiary/aromatic N) is 3. The van der Waals surface area contributed by atoms with Crippen molar-refractivity contribution in [2.24, 2.45) is 0 Å². The lowest BCUT2D eigenvalue weighted by molar-refractivity contribution is 0.0929. The van der Waals surface area contributed by atoms with E-state index in [4.69, 9.17) is 5.73 Å². The third-order valence-electron chi connectivity index (χ3n) is 3.21. The Morgan fingerprint density at radius 1 is 1.44 bits per heavy atom. The molecule has 0 spiro atoms. The monoisotopic (exact) mass is 269 g/mol. The minimum Gasteiger partial charge on any atom is -0.374 e. The summed E-state index contributed by atoms with van der Waals surface area (Å²) in [6, 6.07) is 0.361. The van der Waals surface area contributed by atoms with E-state index in [0.717, 1.165) is 24.4 Å². The fourth-order valence-electron chi connectivity index (χ4n) is 2.13. The average Bonchev–Trinajstić information content (AvgIpc) is 2.83. The van der Waals surface area contributed by atoms with E-state index in [0.29, 0.717) is 22.7 Å². The number of piperidine rings is 1. The van der Waals surface area contributed by atoms with E-state index in [9.17, 15) is 4.79 Å². The predicted molar refractivity (Wildman–Crippen MR) is 71.5 cm³/mol. The number of nitrogens with one attached hydrogen (secondary N) is 1. The largest absolute Gasteiger partial charge is 0.374 e. The molecule has 0 radical (unpaired) electrons. The van der Waals surface area contributed by atoms with Gasteiger partial charge in [-0.25, -0.2) is 0 Å². The zero-order chi connectivity index (χ0) is 13.0. The van der Waals surface area contributed by atoms with Crippen molar-refractivity contribution < 1.29 is 4.79 Å². The summed E-state index contributed by atoms with van der Waals surface area (Å²) in [5, 5.41) is 10.9. The van der Waals surface area contributed by atoms with Crippen LogP contribution in [0.15, 0.2) is 0 Å². The topological polar surface area (TPSA) is 84.1 Å². The number of likely N-dealkylation sites (tertiary alicyclic amines) is 1.